The first kappa shape index (κ1) is 9.68. The predicted molar refractivity (Wildman–Crippen MR) is 54.2 cm³/mol. The van der Waals surface area contributed by atoms with Crippen LogP contribution >= 0.6 is 0 Å². The van der Waals surface area contributed by atoms with Crippen molar-refractivity contribution in [1.29, 1.82) is 0 Å². The maximum absolute atomic E-state index is 5.29. The number of aryl methyl sites for hydroxylation is 1. The Morgan fingerprint density at radius 2 is 2.14 bits per heavy atom. The van der Waals surface area contributed by atoms with Crippen molar-refractivity contribution in [3.05, 3.63) is 18.0 Å². The summed E-state index contributed by atoms with van der Waals surface area (Å²) in [6.07, 6.45) is 3.99. The maximum Gasteiger partial charge on any atom is 0.0594 e. The molecule has 0 bridgehead atoms. The lowest BCUT2D eigenvalue weighted by Crippen LogP contribution is -2.38. The monoisotopic (exact) mass is 195 g/mol. The minimum atomic E-state index is 0.873. The van der Waals surface area contributed by atoms with Gasteiger partial charge in [0.2, 0.25) is 0 Å². The van der Waals surface area contributed by atoms with Crippen LogP contribution in [0.25, 0.3) is 0 Å². The number of morpholine rings is 1. The van der Waals surface area contributed by atoms with Crippen molar-refractivity contribution in [3.8, 4) is 0 Å². The van der Waals surface area contributed by atoms with Gasteiger partial charge in [0.05, 0.1) is 26.0 Å². The first-order valence-electron chi connectivity index (χ1n) is 5.14. The molecule has 78 valence electrons. The molecule has 14 heavy (non-hydrogen) atoms. The van der Waals surface area contributed by atoms with Crippen molar-refractivity contribution in [3.63, 3.8) is 0 Å². The molecule has 2 heterocycles. The third-order valence-electron chi connectivity index (χ3n) is 2.51. The molecular weight excluding hydrogens is 178 g/mol. The number of hydrogen-bond acceptors (Lipinski definition) is 3. The molecule has 0 amide bonds. The highest BCUT2D eigenvalue weighted by atomic mass is 16.5. The van der Waals surface area contributed by atoms with Crippen LogP contribution < -0.4 is 0 Å². The minimum Gasteiger partial charge on any atom is -0.379 e. The second kappa shape index (κ2) is 4.57. The fourth-order valence-electron chi connectivity index (χ4n) is 1.66. The normalized spacial score (nSPS) is 18.6. The molecule has 1 aromatic heterocycles. The van der Waals surface area contributed by atoms with Gasteiger partial charge in [-0.05, 0) is 12.5 Å². The number of hydrogen-bond donors (Lipinski definition) is 0. The lowest BCUT2D eigenvalue weighted by Gasteiger charge is -2.26. The van der Waals surface area contributed by atoms with E-state index in [4.69, 9.17) is 4.74 Å². The van der Waals surface area contributed by atoms with Gasteiger partial charge < -0.3 is 4.74 Å². The van der Waals surface area contributed by atoms with Crippen molar-refractivity contribution >= 4 is 0 Å². The summed E-state index contributed by atoms with van der Waals surface area (Å²) in [5.41, 5.74) is 1.23. The van der Waals surface area contributed by atoms with Gasteiger partial charge in [0.1, 0.15) is 0 Å². The molecule has 0 unspecified atom stereocenters. The largest absolute Gasteiger partial charge is 0.379 e. The first-order chi connectivity index (χ1) is 6.84. The van der Waals surface area contributed by atoms with Crippen molar-refractivity contribution in [1.82, 2.24) is 14.7 Å². The Balaban J connectivity index is 1.76. The van der Waals surface area contributed by atoms with Gasteiger partial charge in [0.25, 0.3) is 0 Å². The van der Waals surface area contributed by atoms with Crippen molar-refractivity contribution in [2.75, 3.05) is 32.8 Å². The van der Waals surface area contributed by atoms with E-state index in [2.05, 4.69) is 23.1 Å². The summed E-state index contributed by atoms with van der Waals surface area (Å²) in [5, 5.41) is 4.26. The molecule has 0 aliphatic carbocycles. The third kappa shape index (κ3) is 2.56. The third-order valence-corrected chi connectivity index (χ3v) is 2.51. The van der Waals surface area contributed by atoms with Gasteiger partial charge in [-0.25, -0.2) is 0 Å². The lowest BCUT2D eigenvalue weighted by atomic mass is 10.4. The van der Waals surface area contributed by atoms with Crippen LogP contribution in [-0.2, 0) is 11.3 Å². The summed E-state index contributed by atoms with van der Waals surface area (Å²) in [5.74, 6) is 0. The van der Waals surface area contributed by atoms with Gasteiger partial charge in [0.15, 0.2) is 0 Å². The zero-order chi connectivity index (χ0) is 9.80. The fourth-order valence-corrected chi connectivity index (χ4v) is 1.66. The molecule has 1 aliphatic heterocycles. The number of rotatable bonds is 3. The first-order valence-corrected chi connectivity index (χ1v) is 5.14. The predicted octanol–water partition coefficient (Wildman–Crippen LogP) is 0.524. The van der Waals surface area contributed by atoms with Crippen LogP contribution in [-0.4, -0.2) is 47.5 Å². The summed E-state index contributed by atoms with van der Waals surface area (Å²) in [4.78, 5) is 2.42. The Kier molecular flexibility index (Phi) is 3.16. The minimum absolute atomic E-state index is 0.873. The second-order valence-corrected chi connectivity index (χ2v) is 3.73. The molecule has 1 fully saturated rings. The van der Waals surface area contributed by atoms with Gasteiger partial charge in [0, 0.05) is 25.8 Å². The van der Waals surface area contributed by atoms with E-state index in [9.17, 15) is 0 Å². The van der Waals surface area contributed by atoms with Crippen LogP contribution in [0.15, 0.2) is 12.4 Å². The van der Waals surface area contributed by atoms with Crippen LogP contribution in [0.4, 0.5) is 0 Å². The molecule has 2 rings (SSSR count). The zero-order valence-electron chi connectivity index (χ0n) is 8.65. The van der Waals surface area contributed by atoms with E-state index >= 15 is 0 Å². The summed E-state index contributed by atoms with van der Waals surface area (Å²) in [6.45, 7) is 7.98. The molecule has 4 nitrogen and oxygen atoms in total. The topological polar surface area (TPSA) is 30.3 Å². The molecular formula is C10H17N3O. The van der Waals surface area contributed by atoms with Crippen LogP contribution in [0, 0.1) is 6.92 Å². The smallest absolute Gasteiger partial charge is 0.0594 e. The van der Waals surface area contributed by atoms with E-state index in [-0.39, 0.29) is 0 Å². The molecule has 0 atom stereocenters. The highest BCUT2D eigenvalue weighted by molar-refractivity contribution is 4.99. The van der Waals surface area contributed by atoms with E-state index in [1.807, 2.05) is 10.9 Å². The van der Waals surface area contributed by atoms with E-state index < -0.39 is 0 Å². The van der Waals surface area contributed by atoms with Crippen molar-refractivity contribution in [2.24, 2.45) is 0 Å². The highest BCUT2D eigenvalue weighted by Crippen LogP contribution is 1.98. The second-order valence-electron chi connectivity index (χ2n) is 3.73. The molecule has 0 saturated carbocycles. The maximum atomic E-state index is 5.29. The standard InChI is InChI=1S/C10H17N3O/c1-10-8-11-13(9-10)3-2-12-4-6-14-7-5-12/h8-9H,2-7H2,1H3. The molecule has 0 N–H and O–H groups in total. The molecule has 0 radical (unpaired) electrons. The van der Waals surface area contributed by atoms with Gasteiger partial charge in [-0.3, -0.25) is 9.58 Å². The molecule has 1 aromatic rings. The highest BCUT2D eigenvalue weighted by Gasteiger charge is 2.09. The van der Waals surface area contributed by atoms with Crippen molar-refractivity contribution < 1.29 is 4.74 Å². The average molecular weight is 195 g/mol. The van der Waals surface area contributed by atoms with Crippen LogP contribution in [0.2, 0.25) is 0 Å². The number of aromatic nitrogens is 2. The molecule has 1 aliphatic rings. The molecule has 0 spiro atoms. The summed E-state index contributed by atoms with van der Waals surface area (Å²) < 4.78 is 7.30. The fraction of sp³-hybridized carbons (Fsp3) is 0.700. The molecule has 4 heteroatoms. The summed E-state index contributed by atoms with van der Waals surface area (Å²) in [6, 6.07) is 0. The van der Waals surface area contributed by atoms with E-state index in [1.165, 1.54) is 5.56 Å². The van der Waals surface area contributed by atoms with Crippen LogP contribution in [0.1, 0.15) is 5.56 Å². The van der Waals surface area contributed by atoms with Crippen LogP contribution in [0.5, 0.6) is 0 Å². The Bertz CT molecular complexity index is 279. The summed E-state index contributed by atoms with van der Waals surface area (Å²) in [7, 11) is 0. The molecule has 0 aromatic carbocycles. The zero-order valence-corrected chi connectivity index (χ0v) is 8.65. The Morgan fingerprint density at radius 1 is 1.36 bits per heavy atom. The van der Waals surface area contributed by atoms with E-state index in [1.54, 1.807) is 0 Å². The lowest BCUT2D eigenvalue weighted by molar-refractivity contribution is 0.0359. The number of nitrogens with zero attached hydrogens (tertiary/aromatic N) is 3. The summed E-state index contributed by atoms with van der Waals surface area (Å²) >= 11 is 0. The SMILES string of the molecule is Cc1cnn(CCN2CCOCC2)c1. The Labute approximate surface area is 84.5 Å². The van der Waals surface area contributed by atoms with E-state index in [0.717, 1.165) is 39.4 Å². The van der Waals surface area contributed by atoms with Gasteiger partial charge in [-0.1, -0.05) is 0 Å². The van der Waals surface area contributed by atoms with Crippen molar-refractivity contribution in [2.45, 2.75) is 13.5 Å². The van der Waals surface area contributed by atoms with Gasteiger partial charge >= 0.3 is 0 Å². The Morgan fingerprint density at radius 3 is 2.79 bits per heavy atom. The van der Waals surface area contributed by atoms with Crippen LogP contribution in [0.3, 0.4) is 0 Å². The average Bonchev–Trinajstić information content (AvgIpc) is 2.63. The van der Waals surface area contributed by atoms with Gasteiger partial charge in [-0.15, -0.1) is 0 Å². The Hall–Kier alpha value is -0.870. The number of ether oxygens (including phenoxy) is 1. The quantitative estimate of drug-likeness (QED) is 0.704. The van der Waals surface area contributed by atoms with Gasteiger partial charge in [-0.2, -0.15) is 5.10 Å². The molecule has 1 saturated heterocycles. The van der Waals surface area contributed by atoms with E-state index in [0.29, 0.717) is 0 Å².